The SMILES string of the molecule is Cc1ccc(C(=O)N2CCC3(CC2)NC(=O)CC3c2ccncc2)cc1. The maximum Gasteiger partial charge on any atom is 0.253 e. The van der Waals surface area contributed by atoms with Crippen LogP contribution in [0.25, 0.3) is 0 Å². The molecule has 1 N–H and O–H groups in total. The molecule has 4 rings (SSSR count). The number of piperidine rings is 1. The standard InChI is InChI=1S/C21H23N3O2/c1-15-2-4-17(5-3-15)20(26)24-12-8-21(9-13-24)18(14-19(25)23-21)16-6-10-22-11-7-16/h2-7,10-11,18H,8-9,12-14H2,1H3,(H,23,25). The Bertz CT molecular complexity index is 809. The molecule has 1 atom stereocenters. The number of nitrogens with zero attached hydrogens (tertiary/aromatic N) is 2. The molecule has 0 aliphatic carbocycles. The van der Waals surface area contributed by atoms with E-state index in [1.54, 1.807) is 12.4 Å². The molecule has 1 aromatic heterocycles. The molecular formula is C21H23N3O2. The maximum atomic E-state index is 12.8. The third kappa shape index (κ3) is 2.98. The third-order valence-electron chi connectivity index (χ3n) is 5.79. The topological polar surface area (TPSA) is 62.3 Å². The Hall–Kier alpha value is -2.69. The minimum Gasteiger partial charge on any atom is -0.350 e. The molecular weight excluding hydrogens is 326 g/mol. The zero-order valence-corrected chi connectivity index (χ0v) is 14.9. The van der Waals surface area contributed by atoms with Crippen LogP contribution in [0.1, 0.15) is 46.7 Å². The number of hydrogen-bond acceptors (Lipinski definition) is 3. The lowest BCUT2D eigenvalue weighted by Gasteiger charge is -2.43. The van der Waals surface area contributed by atoms with Crippen molar-refractivity contribution in [1.29, 1.82) is 0 Å². The number of carbonyl (C=O) groups excluding carboxylic acids is 2. The van der Waals surface area contributed by atoms with Gasteiger partial charge in [-0.3, -0.25) is 14.6 Å². The van der Waals surface area contributed by atoms with Gasteiger partial charge >= 0.3 is 0 Å². The van der Waals surface area contributed by atoms with Gasteiger partial charge in [-0.05, 0) is 49.6 Å². The fraction of sp³-hybridized carbons (Fsp3) is 0.381. The monoisotopic (exact) mass is 349 g/mol. The summed E-state index contributed by atoms with van der Waals surface area (Å²) in [6.07, 6.45) is 5.63. The summed E-state index contributed by atoms with van der Waals surface area (Å²) in [4.78, 5) is 30.9. The Morgan fingerprint density at radius 1 is 1.12 bits per heavy atom. The molecule has 2 fully saturated rings. The lowest BCUT2D eigenvalue weighted by molar-refractivity contribution is -0.120. The molecule has 2 aliphatic rings. The molecule has 2 aromatic rings. The van der Waals surface area contributed by atoms with Gasteiger partial charge in [0.1, 0.15) is 0 Å². The van der Waals surface area contributed by atoms with E-state index < -0.39 is 0 Å². The minimum absolute atomic E-state index is 0.0737. The quantitative estimate of drug-likeness (QED) is 0.907. The molecule has 2 saturated heterocycles. The Labute approximate surface area is 153 Å². The second-order valence-corrected chi connectivity index (χ2v) is 7.40. The number of amides is 2. The number of hydrogen-bond donors (Lipinski definition) is 1. The van der Waals surface area contributed by atoms with Gasteiger partial charge in [-0.2, -0.15) is 0 Å². The number of benzene rings is 1. The van der Waals surface area contributed by atoms with Crippen molar-refractivity contribution in [3.05, 3.63) is 65.5 Å². The molecule has 3 heterocycles. The minimum atomic E-state index is -0.248. The second-order valence-electron chi connectivity index (χ2n) is 7.40. The lowest BCUT2D eigenvalue weighted by atomic mass is 9.74. The zero-order valence-electron chi connectivity index (χ0n) is 14.9. The van der Waals surface area contributed by atoms with Crippen molar-refractivity contribution in [2.24, 2.45) is 0 Å². The van der Waals surface area contributed by atoms with E-state index in [1.165, 1.54) is 0 Å². The highest BCUT2D eigenvalue weighted by molar-refractivity contribution is 5.94. The number of carbonyl (C=O) groups is 2. The number of likely N-dealkylation sites (tertiary alicyclic amines) is 1. The van der Waals surface area contributed by atoms with Gasteiger partial charge in [0, 0.05) is 43.4 Å². The van der Waals surface area contributed by atoms with Crippen molar-refractivity contribution >= 4 is 11.8 Å². The molecule has 0 bridgehead atoms. The van der Waals surface area contributed by atoms with Crippen LogP contribution in [-0.4, -0.2) is 40.3 Å². The van der Waals surface area contributed by atoms with E-state index in [1.807, 2.05) is 48.2 Å². The van der Waals surface area contributed by atoms with Crippen LogP contribution >= 0.6 is 0 Å². The van der Waals surface area contributed by atoms with E-state index in [-0.39, 0.29) is 23.3 Å². The Balaban J connectivity index is 1.50. The van der Waals surface area contributed by atoms with Gasteiger partial charge in [-0.1, -0.05) is 17.7 Å². The summed E-state index contributed by atoms with van der Waals surface area (Å²) in [5.41, 5.74) is 2.78. The summed E-state index contributed by atoms with van der Waals surface area (Å²) < 4.78 is 0. The van der Waals surface area contributed by atoms with Crippen LogP contribution in [0.4, 0.5) is 0 Å². The average molecular weight is 349 g/mol. The Kier molecular flexibility index (Phi) is 4.23. The van der Waals surface area contributed by atoms with Gasteiger partial charge in [0.05, 0.1) is 5.54 Å². The normalized spacial score (nSPS) is 21.7. The van der Waals surface area contributed by atoms with Crippen LogP contribution in [0.5, 0.6) is 0 Å². The van der Waals surface area contributed by atoms with E-state index in [9.17, 15) is 9.59 Å². The first kappa shape index (κ1) is 16.8. The molecule has 1 spiro atoms. The molecule has 134 valence electrons. The van der Waals surface area contributed by atoms with E-state index in [2.05, 4.69) is 10.3 Å². The largest absolute Gasteiger partial charge is 0.350 e. The highest BCUT2D eigenvalue weighted by atomic mass is 16.2. The van der Waals surface area contributed by atoms with Gasteiger partial charge in [0.2, 0.25) is 5.91 Å². The van der Waals surface area contributed by atoms with Crippen molar-refractivity contribution in [3.8, 4) is 0 Å². The fourth-order valence-electron chi connectivity index (χ4n) is 4.29. The third-order valence-corrected chi connectivity index (χ3v) is 5.79. The highest BCUT2D eigenvalue weighted by Crippen LogP contribution is 2.43. The molecule has 0 saturated carbocycles. The predicted octanol–water partition coefficient (Wildman–Crippen LogP) is 2.67. The van der Waals surface area contributed by atoms with E-state index in [0.29, 0.717) is 19.5 Å². The lowest BCUT2D eigenvalue weighted by Crippen LogP contribution is -2.54. The number of aromatic nitrogens is 1. The van der Waals surface area contributed by atoms with Gasteiger partial charge in [-0.25, -0.2) is 0 Å². The Morgan fingerprint density at radius 2 is 1.77 bits per heavy atom. The summed E-state index contributed by atoms with van der Waals surface area (Å²) in [5.74, 6) is 0.324. The second kappa shape index (κ2) is 6.56. The van der Waals surface area contributed by atoms with E-state index in [4.69, 9.17) is 0 Å². The van der Waals surface area contributed by atoms with Crippen LogP contribution in [-0.2, 0) is 4.79 Å². The summed E-state index contributed by atoms with van der Waals surface area (Å²) in [6, 6.07) is 11.7. The van der Waals surface area contributed by atoms with Gasteiger partial charge in [-0.15, -0.1) is 0 Å². The van der Waals surface area contributed by atoms with Gasteiger partial charge in [0.25, 0.3) is 5.91 Å². The zero-order chi connectivity index (χ0) is 18.1. The van der Waals surface area contributed by atoms with Crippen molar-refractivity contribution in [1.82, 2.24) is 15.2 Å². The van der Waals surface area contributed by atoms with Crippen LogP contribution in [0.3, 0.4) is 0 Å². The summed E-state index contributed by atoms with van der Waals surface area (Å²) in [6.45, 7) is 3.34. The van der Waals surface area contributed by atoms with E-state index >= 15 is 0 Å². The first-order valence-electron chi connectivity index (χ1n) is 9.14. The summed E-state index contributed by atoms with van der Waals surface area (Å²) >= 11 is 0. The molecule has 5 heteroatoms. The Morgan fingerprint density at radius 3 is 2.42 bits per heavy atom. The molecule has 2 amide bonds. The van der Waals surface area contributed by atoms with Crippen molar-refractivity contribution in [3.63, 3.8) is 0 Å². The van der Waals surface area contributed by atoms with Crippen LogP contribution in [0, 0.1) is 6.92 Å². The first-order chi connectivity index (χ1) is 12.6. The molecule has 26 heavy (non-hydrogen) atoms. The molecule has 5 nitrogen and oxygen atoms in total. The number of aryl methyl sites for hydroxylation is 1. The van der Waals surface area contributed by atoms with Crippen LogP contribution in [0.15, 0.2) is 48.8 Å². The van der Waals surface area contributed by atoms with Crippen LogP contribution < -0.4 is 5.32 Å². The number of rotatable bonds is 2. The maximum absolute atomic E-state index is 12.8. The molecule has 1 aromatic carbocycles. The fourth-order valence-corrected chi connectivity index (χ4v) is 4.29. The summed E-state index contributed by atoms with van der Waals surface area (Å²) in [7, 11) is 0. The highest BCUT2D eigenvalue weighted by Gasteiger charge is 2.49. The van der Waals surface area contributed by atoms with Gasteiger partial charge in [0.15, 0.2) is 0 Å². The predicted molar refractivity (Wildman–Crippen MR) is 98.8 cm³/mol. The number of nitrogens with one attached hydrogen (secondary N) is 1. The van der Waals surface area contributed by atoms with Crippen molar-refractivity contribution in [2.45, 2.75) is 37.6 Å². The van der Waals surface area contributed by atoms with Crippen molar-refractivity contribution in [2.75, 3.05) is 13.1 Å². The molecule has 0 radical (unpaired) electrons. The average Bonchev–Trinajstić information content (AvgIpc) is 2.99. The van der Waals surface area contributed by atoms with Crippen LogP contribution in [0.2, 0.25) is 0 Å². The molecule has 1 unspecified atom stereocenters. The molecule has 2 aliphatic heterocycles. The van der Waals surface area contributed by atoms with Crippen molar-refractivity contribution < 1.29 is 9.59 Å². The number of pyridine rings is 1. The van der Waals surface area contributed by atoms with Gasteiger partial charge < -0.3 is 10.2 Å². The summed E-state index contributed by atoms with van der Waals surface area (Å²) in [5, 5.41) is 3.23. The van der Waals surface area contributed by atoms with E-state index in [0.717, 1.165) is 29.5 Å². The smallest absolute Gasteiger partial charge is 0.253 e. The first-order valence-corrected chi connectivity index (χ1v) is 9.14.